The van der Waals surface area contributed by atoms with E-state index in [2.05, 4.69) is 29.3 Å². The van der Waals surface area contributed by atoms with Gasteiger partial charge in [-0.1, -0.05) is 18.2 Å². The number of para-hydroxylation sites is 1. The van der Waals surface area contributed by atoms with E-state index in [0.717, 1.165) is 59.6 Å². The van der Waals surface area contributed by atoms with Crippen LogP contribution in [0.1, 0.15) is 66.2 Å². The molecule has 0 unspecified atom stereocenters. The summed E-state index contributed by atoms with van der Waals surface area (Å²) in [5.41, 5.74) is 5.92. The summed E-state index contributed by atoms with van der Waals surface area (Å²) in [6, 6.07) is 12.5. The van der Waals surface area contributed by atoms with Gasteiger partial charge in [0, 0.05) is 24.8 Å². The number of ether oxygens (including phenoxy) is 1. The Balaban J connectivity index is 1.76. The highest BCUT2D eigenvalue weighted by Crippen LogP contribution is 2.31. The van der Waals surface area contributed by atoms with E-state index >= 15 is 0 Å². The zero-order chi connectivity index (χ0) is 22.8. The van der Waals surface area contributed by atoms with Crippen LogP contribution in [0, 0.1) is 32.1 Å². The standard InChI is InChI=1S/C26H33N3O2/c1-17-15-18(2)24(19(3)23(17)25(30)31-26(4,5)6)28-21-11-13-29(14-12-21)22-10-8-7-9-20(22)16-27/h7-10,15,21,28H,11-14H2,1-6H3. The molecule has 0 atom stereocenters. The average molecular weight is 420 g/mol. The lowest BCUT2D eigenvalue weighted by molar-refractivity contribution is 0.00680. The molecule has 1 N–H and O–H groups in total. The number of nitrogens with one attached hydrogen (secondary N) is 1. The van der Waals surface area contributed by atoms with Gasteiger partial charge in [0.1, 0.15) is 11.7 Å². The normalized spacial score (nSPS) is 14.8. The lowest BCUT2D eigenvalue weighted by Crippen LogP contribution is -2.39. The van der Waals surface area contributed by atoms with Crippen LogP contribution >= 0.6 is 0 Å². The molecule has 1 aliphatic rings. The highest BCUT2D eigenvalue weighted by molar-refractivity contribution is 5.95. The molecule has 1 aliphatic heterocycles. The Kier molecular flexibility index (Phi) is 6.59. The van der Waals surface area contributed by atoms with Gasteiger partial charge >= 0.3 is 5.97 Å². The SMILES string of the molecule is Cc1cc(C)c(C(=O)OC(C)(C)C)c(C)c1NC1CCN(c2ccccc2C#N)CC1. The van der Waals surface area contributed by atoms with E-state index in [1.807, 2.05) is 58.9 Å². The third-order valence-corrected chi connectivity index (χ3v) is 5.78. The second-order valence-electron chi connectivity index (χ2n) is 9.42. The predicted molar refractivity (Wildman–Crippen MR) is 126 cm³/mol. The largest absolute Gasteiger partial charge is 0.456 e. The third-order valence-electron chi connectivity index (χ3n) is 5.78. The van der Waals surface area contributed by atoms with Crippen LogP contribution in [-0.4, -0.2) is 30.7 Å². The molecule has 0 aliphatic carbocycles. The van der Waals surface area contributed by atoms with Gasteiger partial charge in [-0.2, -0.15) is 5.26 Å². The Hall–Kier alpha value is -3.00. The Morgan fingerprint density at radius 1 is 1.13 bits per heavy atom. The summed E-state index contributed by atoms with van der Waals surface area (Å²) < 4.78 is 5.66. The first kappa shape index (κ1) is 22.7. The van der Waals surface area contributed by atoms with Crippen molar-refractivity contribution in [3.8, 4) is 6.07 Å². The molecule has 5 nitrogen and oxygen atoms in total. The number of rotatable bonds is 4. The molecule has 0 radical (unpaired) electrons. The number of aryl methyl sites for hydroxylation is 2. The average Bonchev–Trinajstić information content (AvgIpc) is 2.70. The third kappa shape index (κ3) is 5.19. The van der Waals surface area contributed by atoms with Crippen LogP contribution < -0.4 is 10.2 Å². The van der Waals surface area contributed by atoms with Crippen molar-refractivity contribution in [3.05, 3.63) is 58.1 Å². The first-order chi connectivity index (χ1) is 14.6. The molecule has 0 aromatic heterocycles. The van der Waals surface area contributed by atoms with Crippen molar-refractivity contribution >= 4 is 17.3 Å². The molecule has 5 heteroatoms. The smallest absolute Gasteiger partial charge is 0.339 e. The number of esters is 1. The van der Waals surface area contributed by atoms with Gasteiger partial charge in [-0.3, -0.25) is 0 Å². The Bertz CT molecular complexity index is 1010. The quantitative estimate of drug-likeness (QED) is 0.661. The van der Waals surface area contributed by atoms with Gasteiger partial charge in [0.05, 0.1) is 16.8 Å². The second-order valence-corrected chi connectivity index (χ2v) is 9.42. The van der Waals surface area contributed by atoms with Gasteiger partial charge in [-0.15, -0.1) is 0 Å². The molecule has 3 rings (SSSR count). The first-order valence-electron chi connectivity index (χ1n) is 11.0. The monoisotopic (exact) mass is 419 g/mol. The summed E-state index contributed by atoms with van der Waals surface area (Å²) in [5, 5.41) is 13.1. The van der Waals surface area contributed by atoms with Crippen molar-refractivity contribution in [1.82, 2.24) is 0 Å². The van der Waals surface area contributed by atoms with Gasteiger partial charge in [0.15, 0.2) is 0 Å². The summed E-state index contributed by atoms with van der Waals surface area (Å²) in [7, 11) is 0. The van der Waals surface area contributed by atoms with Crippen LogP contribution in [0.25, 0.3) is 0 Å². The van der Waals surface area contributed by atoms with Gasteiger partial charge in [0.25, 0.3) is 0 Å². The molecule has 2 aromatic rings. The van der Waals surface area contributed by atoms with Crippen molar-refractivity contribution in [2.75, 3.05) is 23.3 Å². The highest BCUT2D eigenvalue weighted by atomic mass is 16.6. The molecule has 0 saturated carbocycles. The van der Waals surface area contributed by atoms with Crippen LogP contribution in [0.2, 0.25) is 0 Å². The number of carbonyl (C=O) groups excluding carboxylic acids is 1. The van der Waals surface area contributed by atoms with E-state index in [1.165, 1.54) is 0 Å². The van der Waals surface area contributed by atoms with Crippen LogP contribution in [0.15, 0.2) is 30.3 Å². The molecule has 31 heavy (non-hydrogen) atoms. The van der Waals surface area contributed by atoms with E-state index in [-0.39, 0.29) is 5.97 Å². The Morgan fingerprint density at radius 3 is 2.39 bits per heavy atom. The minimum atomic E-state index is -0.527. The molecule has 1 fully saturated rings. The molecular weight excluding hydrogens is 386 g/mol. The molecule has 0 spiro atoms. The van der Waals surface area contributed by atoms with E-state index in [1.54, 1.807) is 0 Å². The summed E-state index contributed by atoms with van der Waals surface area (Å²) in [6.07, 6.45) is 1.93. The van der Waals surface area contributed by atoms with Crippen LogP contribution in [-0.2, 0) is 4.74 Å². The maximum atomic E-state index is 12.8. The molecule has 1 saturated heterocycles. The summed E-state index contributed by atoms with van der Waals surface area (Å²) in [4.78, 5) is 15.1. The molecule has 0 amide bonds. The van der Waals surface area contributed by atoms with Crippen LogP contribution in [0.5, 0.6) is 0 Å². The first-order valence-corrected chi connectivity index (χ1v) is 11.0. The summed E-state index contributed by atoms with van der Waals surface area (Å²) in [5.74, 6) is -0.270. The van der Waals surface area contributed by atoms with Crippen LogP contribution in [0.4, 0.5) is 11.4 Å². The Morgan fingerprint density at radius 2 is 1.77 bits per heavy atom. The highest BCUT2D eigenvalue weighted by Gasteiger charge is 2.26. The zero-order valence-electron chi connectivity index (χ0n) is 19.5. The van der Waals surface area contributed by atoms with Crippen molar-refractivity contribution in [3.63, 3.8) is 0 Å². The maximum absolute atomic E-state index is 12.8. The van der Waals surface area contributed by atoms with E-state index in [0.29, 0.717) is 11.6 Å². The van der Waals surface area contributed by atoms with E-state index < -0.39 is 5.60 Å². The Labute approximate surface area is 186 Å². The molecule has 0 bridgehead atoms. The maximum Gasteiger partial charge on any atom is 0.339 e. The second kappa shape index (κ2) is 9.01. The molecule has 2 aromatic carbocycles. The topological polar surface area (TPSA) is 65.4 Å². The molecule has 1 heterocycles. The zero-order valence-corrected chi connectivity index (χ0v) is 19.5. The minimum absolute atomic E-state index is 0.270. The number of hydrogen-bond donors (Lipinski definition) is 1. The lowest BCUT2D eigenvalue weighted by atomic mass is 9.95. The molecular formula is C26H33N3O2. The number of hydrogen-bond acceptors (Lipinski definition) is 5. The summed E-state index contributed by atoms with van der Waals surface area (Å²) in [6.45, 7) is 13.5. The van der Waals surface area contributed by atoms with Gasteiger partial charge in [0.2, 0.25) is 0 Å². The number of nitrogens with zero attached hydrogens (tertiary/aromatic N) is 2. The van der Waals surface area contributed by atoms with Crippen molar-refractivity contribution < 1.29 is 9.53 Å². The fourth-order valence-electron chi connectivity index (χ4n) is 4.36. The molecule has 164 valence electrons. The van der Waals surface area contributed by atoms with Crippen LogP contribution in [0.3, 0.4) is 0 Å². The predicted octanol–water partition coefficient (Wildman–Crippen LogP) is 5.52. The van der Waals surface area contributed by atoms with Crippen molar-refractivity contribution in [1.29, 1.82) is 5.26 Å². The van der Waals surface area contributed by atoms with Crippen molar-refractivity contribution in [2.45, 2.75) is 66.0 Å². The number of carbonyl (C=O) groups is 1. The van der Waals surface area contributed by atoms with Gasteiger partial charge < -0.3 is 15.0 Å². The van der Waals surface area contributed by atoms with Crippen molar-refractivity contribution in [2.24, 2.45) is 0 Å². The number of benzene rings is 2. The summed E-state index contributed by atoms with van der Waals surface area (Å²) >= 11 is 0. The van der Waals surface area contributed by atoms with Gasteiger partial charge in [-0.05, 0) is 83.2 Å². The number of nitriles is 1. The van der Waals surface area contributed by atoms with E-state index in [4.69, 9.17) is 4.74 Å². The lowest BCUT2D eigenvalue weighted by Gasteiger charge is -2.35. The number of anilines is 2. The number of piperidine rings is 1. The fraction of sp³-hybridized carbons (Fsp3) is 0.462. The minimum Gasteiger partial charge on any atom is -0.456 e. The van der Waals surface area contributed by atoms with E-state index in [9.17, 15) is 10.1 Å². The van der Waals surface area contributed by atoms with Gasteiger partial charge in [-0.25, -0.2) is 4.79 Å². The fourth-order valence-corrected chi connectivity index (χ4v) is 4.36.